The third kappa shape index (κ3) is 3.39. The smallest absolute Gasteiger partial charge is 0.147 e. The number of piperazine rings is 1. The van der Waals surface area contributed by atoms with Crippen molar-refractivity contribution >= 4 is 5.82 Å². The fourth-order valence-electron chi connectivity index (χ4n) is 3.17. The van der Waals surface area contributed by atoms with Crippen molar-refractivity contribution in [3.8, 4) is 6.07 Å². The van der Waals surface area contributed by atoms with Gasteiger partial charge < -0.3 is 4.90 Å². The maximum Gasteiger partial charge on any atom is 0.147 e. The zero-order chi connectivity index (χ0) is 17.1. The molecule has 1 aliphatic heterocycles. The normalized spacial score (nSPS) is 15.3. The van der Waals surface area contributed by atoms with E-state index in [2.05, 4.69) is 20.9 Å². The van der Waals surface area contributed by atoms with Gasteiger partial charge in [-0.25, -0.2) is 9.37 Å². The Morgan fingerprint density at radius 1 is 1.17 bits per heavy atom. The quantitative estimate of drug-likeness (QED) is 0.870. The zero-order valence-corrected chi connectivity index (χ0v) is 14.1. The fourth-order valence-corrected chi connectivity index (χ4v) is 3.17. The highest BCUT2D eigenvalue weighted by atomic mass is 19.1. The number of pyridine rings is 1. The molecule has 0 N–H and O–H groups in total. The first kappa shape index (κ1) is 16.4. The van der Waals surface area contributed by atoms with Crippen molar-refractivity contribution in [3.63, 3.8) is 0 Å². The maximum atomic E-state index is 13.8. The third-order valence-electron chi connectivity index (χ3n) is 4.46. The molecule has 0 unspecified atom stereocenters. The molecule has 1 fully saturated rings. The van der Waals surface area contributed by atoms with Gasteiger partial charge in [0.1, 0.15) is 17.7 Å². The number of nitrogens with zero attached hydrogens (tertiary/aromatic N) is 4. The van der Waals surface area contributed by atoms with Crippen molar-refractivity contribution in [1.82, 2.24) is 9.88 Å². The van der Waals surface area contributed by atoms with Crippen molar-refractivity contribution in [3.05, 3.63) is 58.5 Å². The largest absolute Gasteiger partial charge is 0.353 e. The van der Waals surface area contributed by atoms with Gasteiger partial charge in [-0.3, -0.25) is 4.90 Å². The molecule has 0 aliphatic carbocycles. The lowest BCUT2D eigenvalue weighted by atomic mass is 10.1. The summed E-state index contributed by atoms with van der Waals surface area (Å²) < 4.78 is 13.8. The highest BCUT2D eigenvalue weighted by Gasteiger charge is 2.22. The van der Waals surface area contributed by atoms with E-state index in [-0.39, 0.29) is 5.82 Å². The number of benzene rings is 1. The summed E-state index contributed by atoms with van der Waals surface area (Å²) in [7, 11) is 0. The molecule has 5 heteroatoms. The highest BCUT2D eigenvalue weighted by molar-refractivity contribution is 5.58. The Hall–Kier alpha value is -2.45. The minimum atomic E-state index is -0.150. The van der Waals surface area contributed by atoms with E-state index < -0.39 is 0 Å². The Balaban J connectivity index is 1.70. The van der Waals surface area contributed by atoms with E-state index in [1.165, 1.54) is 6.07 Å². The van der Waals surface area contributed by atoms with Crippen LogP contribution in [0.15, 0.2) is 30.3 Å². The molecule has 1 aromatic heterocycles. The number of aromatic nitrogens is 1. The van der Waals surface area contributed by atoms with Crippen LogP contribution >= 0.6 is 0 Å². The number of aryl methyl sites for hydroxylation is 2. The Morgan fingerprint density at radius 3 is 2.54 bits per heavy atom. The van der Waals surface area contributed by atoms with E-state index in [4.69, 9.17) is 0 Å². The molecular weight excluding hydrogens is 303 g/mol. The molecule has 3 rings (SSSR count). The summed E-state index contributed by atoms with van der Waals surface area (Å²) in [4.78, 5) is 8.98. The summed E-state index contributed by atoms with van der Waals surface area (Å²) >= 11 is 0. The Bertz CT molecular complexity index is 773. The molecule has 0 spiro atoms. The van der Waals surface area contributed by atoms with Gasteiger partial charge in [0.05, 0.1) is 5.56 Å². The lowest BCUT2D eigenvalue weighted by molar-refractivity contribution is 0.246. The molecule has 2 aromatic rings. The van der Waals surface area contributed by atoms with E-state index in [0.29, 0.717) is 12.1 Å². The molecular formula is C19H21FN4. The van der Waals surface area contributed by atoms with Crippen LogP contribution in [0.2, 0.25) is 0 Å². The van der Waals surface area contributed by atoms with Crippen LogP contribution in [0, 0.1) is 31.0 Å². The molecule has 4 nitrogen and oxygen atoms in total. The SMILES string of the molecule is Cc1cc(C)c(C#N)c(N2CCN(Cc3ccccc3F)CC2)n1. The summed E-state index contributed by atoms with van der Waals surface area (Å²) in [6, 6.07) is 11.1. The van der Waals surface area contributed by atoms with Crippen LogP contribution in [0.25, 0.3) is 0 Å². The van der Waals surface area contributed by atoms with Gasteiger partial charge in [-0.2, -0.15) is 5.26 Å². The second-order valence-electron chi connectivity index (χ2n) is 6.25. The third-order valence-corrected chi connectivity index (χ3v) is 4.46. The number of hydrogen-bond acceptors (Lipinski definition) is 4. The van der Waals surface area contributed by atoms with Crippen LogP contribution < -0.4 is 4.90 Å². The molecule has 0 amide bonds. The van der Waals surface area contributed by atoms with Crippen LogP contribution in [0.1, 0.15) is 22.4 Å². The zero-order valence-electron chi connectivity index (χ0n) is 14.1. The van der Waals surface area contributed by atoms with Crippen molar-refractivity contribution in [1.29, 1.82) is 5.26 Å². The Labute approximate surface area is 142 Å². The van der Waals surface area contributed by atoms with Crippen LogP contribution in [0.4, 0.5) is 10.2 Å². The summed E-state index contributed by atoms with van der Waals surface area (Å²) in [5.74, 6) is 0.628. The molecule has 2 heterocycles. The number of hydrogen-bond donors (Lipinski definition) is 0. The Kier molecular flexibility index (Phi) is 4.77. The van der Waals surface area contributed by atoms with Crippen LogP contribution in [0.5, 0.6) is 0 Å². The second kappa shape index (κ2) is 6.98. The van der Waals surface area contributed by atoms with Gasteiger partial charge >= 0.3 is 0 Å². The van der Waals surface area contributed by atoms with Gasteiger partial charge in [0.15, 0.2) is 0 Å². The molecule has 1 aliphatic rings. The fraction of sp³-hybridized carbons (Fsp3) is 0.368. The predicted octanol–water partition coefficient (Wildman–Crippen LogP) is 3.03. The number of halogens is 1. The van der Waals surface area contributed by atoms with Crippen LogP contribution in [-0.2, 0) is 6.54 Å². The van der Waals surface area contributed by atoms with Gasteiger partial charge in [0, 0.05) is 44.0 Å². The van der Waals surface area contributed by atoms with Gasteiger partial charge in [-0.15, -0.1) is 0 Å². The van der Waals surface area contributed by atoms with Gasteiger partial charge in [0.2, 0.25) is 0 Å². The van der Waals surface area contributed by atoms with E-state index in [1.54, 1.807) is 6.07 Å². The van der Waals surface area contributed by atoms with Crippen molar-refractivity contribution in [2.45, 2.75) is 20.4 Å². The average Bonchev–Trinajstić information content (AvgIpc) is 2.57. The average molecular weight is 324 g/mol. The topological polar surface area (TPSA) is 43.2 Å². The lowest BCUT2D eigenvalue weighted by Gasteiger charge is -2.36. The monoisotopic (exact) mass is 324 g/mol. The Morgan fingerprint density at radius 2 is 1.88 bits per heavy atom. The van der Waals surface area contributed by atoms with Crippen molar-refractivity contribution in [2.24, 2.45) is 0 Å². The summed E-state index contributed by atoms with van der Waals surface area (Å²) in [5, 5.41) is 9.43. The van der Waals surface area contributed by atoms with Crippen LogP contribution in [0.3, 0.4) is 0 Å². The number of nitriles is 1. The van der Waals surface area contributed by atoms with Gasteiger partial charge in [-0.1, -0.05) is 18.2 Å². The van der Waals surface area contributed by atoms with E-state index >= 15 is 0 Å². The van der Waals surface area contributed by atoms with Gasteiger partial charge in [-0.05, 0) is 31.5 Å². The predicted molar refractivity (Wildman–Crippen MR) is 92.3 cm³/mol. The molecule has 124 valence electrons. The van der Waals surface area contributed by atoms with E-state index in [9.17, 15) is 9.65 Å². The highest BCUT2D eigenvalue weighted by Crippen LogP contribution is 2.23. The molecule has 0 atom stereocenters. The molecule has 0 radical (unpaired) electrons. The molecule has 1 saturated heterocycles. The first-order valence-corrected chi connectivity index (χ1v) is 8.17. The first-order valence-electron chi connectivity index (χ1n) is 8.17. The molecule has 24 heavy (non-hydrogen) atoms. The van der Waals surface area contributed by atoms with Crippen molar-refractivity contribution in [2.75, 3.05) is 31.1 Å². The maximum absolute atomic E-state index is 13.8. The summed E-state index contributed by atoms with van der Waals surface area (Å²) in [6.07, 6.45) is 0. The number of rotatable bonds is 3. The lowest BCUT2D eigenvalue weighted by Crippen LogP contribution is -2.46. The summed E-state index contributed by atoms with van der Waals surface area (Å²) in [5.41, 5.74) is 3.28. The van der Waals surface area contributed by atoms with E-state index in [1.807, 2.05) is 32.0 Å². The summed E-state index contributed by atoms with van der Waals surface area (Å²) in [6.45, 7) is 7.75. The molecule has 0 bridgehead atoms. The van der Waals surface area contributed by atoms with Gasteiger partial charge in [0.25, 0.3) is 0 Å². The second-order valence-corrected chi connectivity index (χ2v) is 6.25. The van der Waals surface area contributed by atoms with E-state index in [0.717, 1.165) is 48.8 Å². The number of anilines is 1. The van der Waals surface area contributed by atoms with Crippen molar-refractivity contribution < 1.29 is 4.39 Å². The minimum absolute atomic E-state index is 0.150. The molecule has 1 aromatic carbocycles. The minimum Gasteiger partial charge on any atom is -0.353 e. The standard InChI is InChI=1S/C19H21FN4/c1-14-11-15(2)22-19(17(14)12-21)24-9-7-23(8-10-24)13-16-5-3-4-6-18(16)20/h3-6,11H,7-10,13H2,1-2H3. The first-order chi connectivity index (χ1) is 11.6. The molecule has 0 saturated carbocycles. The van der Waals surface area contributed by atoms with Crippen LogP contribution in [-0.4, -0.2) is 36.1 Å².